The number of amides is 2. The third-order valence-corrected chi connectivity index (χ3v) is 5.92. The Morgan fingerprint density at radius 2 is 0.806 bits per heavy atom. The van der Waals surface area contributed by atoms with Crippen LogP contribution in [0, 0.1) is 13.8 Å². The Morgan fingerprint density at radius 3 is 1.11 bits per heavy atom. The van der Waals surface area contributed by atoms with Gasteiger partial charge in [0.05, 0.1) is 12.1 Å². The second-order valence-electron chi connectivity index (χ2n) is 8.94. The lowest BCUT2D eigenvalue weighted by Gasteiger charge is -2.14. The minimum absolute atomic E-state index is 0.0139. The maximum absolute atomic E-state index is 12.0. The van der Waals surface area contributed by atoms with Gasteiger partial charge < -0.3 is 10.6 Å². The van der Waals surface area contributed by atoms with Crippen molar-refractivity contribution in [3.05, 3.63) is 143 Å². The van der Waals surface area contributed by atoms with Gasteiger partial charge in [0.15, 0.2) is 0 Å². The number of aryl methyl sites for hydroxylation is 2. The fourth-order valence-corrected chi connectivity index (χ4v) is 3.62. The molecule has 0 fully saturated rings. The summed E-state index contributed by atoms with van der Waals surface area (Å²) in [4.78, 5) is 24.1. The van der Waals surface area contributed by atoms with Crippen molar-refractivity contribution in [3.63, 3.8) is 0 Å². The fraction of sp³-hybridized carbons (Fsp3) is 0.188. The van der Waals surface area contributed by atoms with Gasteiger partial charge in [-0.15, -0.1) is 0 Å². The van der Waals surface area contributed by atoms with Crippen molar-refractivity contribution < 1.29 is 9.59 Å². The maximum Gasteiger partial charge on any atom is 0.251 e. The first-order chi connectivity index (χ1) is 17.3. The molecule has 4 heteroatoms. The van der Waals surface area contributed by atoms with E-state index >= 15 is 0 Å². The number of benzene rings is 4. The lowest BCUT2D eigenvalue weighted by molar-refractivity contribution is 0.0931. The Balaban J connectivity index is 0.000000201. The minimum Gasteiger partial charge on any atom is -0.346 e. The number of hydrogen-bond acceptors (Lipinski definition) is 2. The minimum atomic E-state index is -0.0358. The highest BCUT2D eigenvalue weighted by Gasteiger charge is 2.11. The molecule has 2 atom stereocenters. The van der Waals surface area contributed by atoms with E-state index in [1.807, 2.05) is 137 Å². The Kier molecular flexibility index (Phi) is 9.58. The van der Waals surface area contributed by atoms with Crippen molar-refractivity contribution in [1.82, 2.24) is 10.6 Å². The van der Waals surface area contributed by atoms with Gasteiger partial charge in [-0.05, 0) is 63.1 Å². The smallest absolute Gasteiger partial charge is 0.251 e. The lowest BCUT2D eigenvalue weighted by atomic mass is 10.1. The van der Waals surface area contributed by atoms with Gasteiger partial charge in [-0.3, -0.25) is 9.59 Å². The molecule has 0 heterocycles. The van der Waals surface area contributed by atoms with Gasteiger partial charge in [0, 0.05) is 11.1 Å². The van der Waals surface area contributed by atoms with E-state index in [2.05, 4.69) is 10.6 Å². The summed E-state index contributed by atoms with van der Waals surface area (Å²) in [6.45, 7) is 7.99. The summed E-state index contributed by atoms with van der Waals surface area (Å²) in [6, 6.07) is 35.1. The predicted octanol–water partition coefficient (Wildman–Crippen LogP) is 6.97. The molecular weight excluding hydrogens is 444 g/mol. The van der Waals surface area contributed by atoms with Gasteiger partial charge in [-0.2, -0.15) is 0 Å². The normalized spacial score (nSPS) is 11.9. The van der Waals surface area contributed by atoms with E-state index in [1.165, 1.54) is 0 Å². The highest BCUT2D eigenvalue weighted by Crippen LogP contribution is 2.14. The zero-order valence-corrected chi connectivity index (χ0v) is 21.4. The van der Waals surface area contributed by atoms with Crippen LogP contribution in [-0.4, -0.2) is 11.8 Å². The molecule has 0 saturated carbocycles. The molecule has 0 bridgehead atoms. The first kappa shape index (κ1) is 26.4. The lowest BCUT2D eigenvalue weighted by Crippen LogP contribution is -2.26. The Labute approximate surface area is 214 Å². The van der Waals surface area contributed by atoms with Crippen LogP contribution in [0.2, 0.25) is 0 Å². The van der Waals surface area contributed by atoms with Gasteiger partial charge in [-0.25, -0.2) is 0 Å². The second-order valence-corrected chi connectivity index (χ2v) is 8.94. The average Bonchev–Trinajstić information content (AvgIpc) is 2.90. The molecule has 2 N–H and O–H groups in total. The molecular formula is C32H34N2O2. The fourth-order valence-electron chi connectivity index (χ4n) is 3.62. The molecule has 0 spiro atoms. The van der Waals surface area contributed by atoms with Crippen molar-refractivity contribution in [2.75, 3.05) is 0 Å². The first-order valence-corrected chi connectivity index (χ1v) is 12.2. The highest BCUT2D eigenvalue weighted by molar-refractivity contribution is 5.95. The zero-order valence-electron chi connectivity index (χ0n) is 21.4. The van der Waals surface area contributed by atoms with Gasteiger partial charge in [-0.1, -0.05) is 96.1 Å². The molecule has 0 radical (unpaired) electrons. The number of carbonyl (C=O) groups is 2. The van der Waals surface area contributed by atoms with Crippen molar-refractivity contribution in [2.45, 2.75) is 39.8 Å². The molecule has 2 amide bonds. The standard InChI is InChI=1S/2C16H17NO/c2*1-12-8-10-15(11-9-12)16(18)17-13(2)14-6-4-3-5-7-14/h2*3-11,13H,1-2H3,(H,17,18)/t2*13-/m10/s1. The molecule has 4 nitrogen and oxygen atoms in total. The molecule has 0 aromatic heterocycles. The van der Waals surface area contributed by atoms with Crippen LogP contribution in [0.5, 0.6) is 0 Å². The van der Waals surface area contributed by atoms with Crippen LogP contribution in [0.25, 0.3) is 0 Å². The second kappa shape index (κ2) is 13.1. The Morgan fingerprint density at radius 1 is 0.500 bits per heavy atom. The molecule has 36 heavy (non-hydrogen) atoms. The van der Waals surface area contributed by atoms with E-state index in [-0.39, 0.29) is 23.9 Å². The summed E-state index contributed by atoms with van der Waals surface area (Å²) >= 11 is 0. The molecule has 4 aromatic carbocycles. The monoisotopic (exact) mass is 478 g/mol. The van der Waals surface area contributed by atoms with Gasteiger partial charge >= 0.3 is 0 Å². The number of carbonyl (C=O) groups excluding carboxylic acids is 2. The highest BCUT2D eigenvalue weighted by atomic mass is 16.2. The predicted molar refractivity (Wildman–Crippen MR) is 147 cm³/mol. The zero-order chi connectivity index (χ0) is 25.9. The van der Waals surface area contributed by atoms with E-state index in [0.717, 1.165) is 22.3 Å². The molecule has 0 aliphatic heterocycles. The van der Waals surface area contributed by atoms with E-state index in [0.29, 0.717) is 11.1 Å². The molecule has 184 valence electrons. The van der Waals surface area contributed by atoms with Crippen molar-refractivity contribution >= 4 is 11.8 Å². The van der Waals surface area contributed by atoms with Crippen LogP contribution in [0.4, 0.5) is 0 Å². The molecule has 0 aliphatic rings. The largest absolute Gasteiger partial charge is 0.346 e. The van der Waals surface area contributed by atoms with E-state index in [1.54, 1.807) is 0 Å². The number of nitrogens with one attached hydrogen (secondary N) is 2. The number of rotatable bonds is 6. The van der Waals surface area contributed by atoms with Crippen molar-refractivity contribution in [1.29, 1.82) is 0 Å². The maximum atomic E-state index is 12.0. The molecule has 0 aliphatic carbocycles. The van der Waals surface area contributed by atoms with Crippen LogP contribution >= 0.6 is 0 Å². The van der Waals surface area contributed by atoms with Crippen molar-refractivity contribution in [3.8, 4) is 0 Å². The SMILES string of the molecule is Cc1ccc(C(=O)N[C@@H](C)c2ccccc2)cc1.Cc1ccc(C(=O)N[C@H](C)c2ccccc2)cc1. The molecule has 0 saturated heterocycles. The third-order valence-electron chi connectivity index (χ3n) is 5.92. The summed E-state index contributed by atoms with van der Waals surface area (Å²) < 4.78 is 0. The van der Waals surface area contributed by atoms with E-state index in [9.17, 15) is 9.59 Å². The first-order valence-electron chi connectivity index (χ1n) is 12.2. The molecule has 4 aromatic rings. The van der Waals surface area contributed by atoms with Crippen LogP contribution in [0.1, 0.15) is 68.9 Å². The van der Waals surface area contributed by atoms with Gasteiger partial charge in [0.25, 0.3) is 11.8 Å². The van der Waals surface area contributed by atoms with Gasteiger partial charge in [0.1, 0.15) is 0 Å². The molecule has 4 rings (SSSR count). The quantitative estimate of drug-likeness (QED) is 0.314. The summed E-state index contributed by atoms with van der Waals surface area (Å²) in [5, 5.41) is 5.99. The third kappa shape index (κ3) is 7.95. The van der Waals surface area contributed by atoms with Crippen LogP contribution in [0.15, 0.2) is 109 Å². The molecule has 0 unspecified atom stereocenters. The summed E-state index contributed by atoms with van der Waals surface area (Å²) in [7, 11) is 0. The van der Waals surface area contributed by atoms with Crippen molar-refractivity contribution in [2.24, 2.45) is 0 Å². The topological polar surface area (TPSA) is 58.2 Å². The van der Waals surface area contributed by atoms with Crippen LogP contribution in [-0.2, 0) is 0 Å². The van der Waals surface area contributed by atoms with Crippen LogP contribution in [0.3, 0.4) is 0 Å². The number of hydrogen-bond donors (Lipinski definition) is 2. The summed E-state index contributed by atoms with van der Waals surface area (Å²) in [5.74, 6) is -0.0716. The summed E-state index contributed by atoms with van der Waals surface area (Å²) in [5.41, 5.74) is 5.92. The van der Waals surface area contributed by atoms with E-state index < -0.39 is 0 Å². The Bertz CT molecular complexity index is 1130. The van der Waals surface area contributed by atoms with E-state index in [4.69, 9.17) is 0 Å². The van der Waals surface area contributed by atoms with Crippen LogP contribution < -0.4 is 10.6 Å². The Hall–Kier alpha value is -4.18. The average molecular weight is 479 g/mol. The summed E-state index contributed by atoms with van der Waals surface area (Å²) in [6.07, 6.45) is 0. The van der Waals surface area contributed by atoms with Gasteiger partial charge in [0.2, 0.25) is 0 Å².